The molecular weight excluding hydrogens is 490 g/mol. The lowest BCUT2D eigenvalue weighted by atomic mass is 10.1. The van der Waals surface area contributed by atoms with E-state index >= 15 is 0 Å². The predicted molar refractivity (Wildman–Crippen MR) is 111 cm³/mol. The Balaban J connectivity index is 2.42. The molecule has 1 amide bonds. The highest BCUT2D eigenvalue weighted by molar-refractivity contribution is 14.1. The van der Waals surface area contributed by atoms with Crippen molar-refractivity contribution < 1.29 is 14.3 Å². The average molecular weight is 503 g/mol. The number of rotatable bonds is 5. The van der Waals surface area contributed by atoms with Gasteiger partial charge in [-0.1, -0.05) is 29.3 Å². The van der Waals surface area contributed by atoms with Gasteiger partial charge in [0.15, 0.2) is 11.5 Å². The second kappa shape index (κ2) is 9.12. The fourth-order valence-corrected chi connectivity index (χ4v) is 3.13. The van der Waals surface area contributed by atoms with Gasteiger partial charge in [0, 0.05) is 9.13 Å². The monoisotopic (exact) mass is 502 g/mol. The third-order valence-corrected chi connectivity index (χ3v) is 4.78. The minimum atomic E-state index is -0.614. The van der Waals surface area contributed by atoms with E-state index in [4.69, 9.17) is 32.7 Å². The van der Waals surface area contributed by atoms with Crippen molar-refractivity contribution in [1.29, 1.82) is 5.26 Å². The van der Waals surface area contributed by atoms with Gasteiger partial charge in [-0.15, -0.1) is 0 Å². The molecule has 0 bridgehead atoms. The van der Waals surface area contributed by atoms with Crippen molar-refractivity contribution in [2.75, 3.05) is 19.5 Å². The molecule has 134 valence electrons. The van der Waals surface area contributed by atoms with Crippen molar-refractivity contribution in [2.45, 2.75) is 0 Å². The van der Waals surface area contributed by atoms with Gasteiger partial charge < -0.3 is 14.8 Å². The van der Waals surface area contributed by atoms with Gasteiger partial charge >= 0.3 is 0 Å². The standard InChI is InChI=1S/C18H13Cl2IN2O3/c1-25-15-8-12(21)7-10(17(15)26-2)6-11(9-22)18(24)23-14-5-3-4-13(19)16(14)20/h3-8H,1-2H3,(H,23,24)/b11-6-. The van der Waals surface area contributed by atoms with Gasteiger partial charge in [-0.3, -0.25) is 4.79 Å². The molecule has 0 saturated carbocycles. The maximum absolute atomic E-state index is 12.5. The number of anilines is 1. The molecule has 2 aromatic rings. The van der Waals surface area contributed by atoms with Crippen LogP contribution in [0, 0.1) is 14.9 Å². The quantitative estimate of drug-likeness (QED) is 0.348. The number of nitriles is 1. The second-order valence-electron chi connectivity index (χ2n) is 4.96. The first kappa shape index (κ1) is 20.4. The Bertz CT molecular complexity index is 923. The van der Waals surface area contributed by atoms with Crippen LogP contribution < -0.4 is 14.8 Å². The number of carbonyl (C=O) groups is 1. The van der Waals surface area contributed by atoms with Crippen LogP contribution in [0.1, 0.15) is 5.56 Å². The molecule has 0 aliphatic carbocycles. The van der Waals surface area contributed by atoms with E-state index in [9.17, 15) is 10.1 Å². The number of amides is 1. The molecular formula is C18H13Cl2IN2O3. The Hall–Kier alpha value is -1.95. The molecule has 5 nitrogen and oxygen atoms in total. The predicted octanol–water partition coefficient (Wildman–Crippen LogP) is 5.16. The lowest BCUT2D eigenvalue weighted by molar-refractivity contribution is -0.112. The molecule has 0 unspecified atom stereocenters. The van der Waals surface area contributed by atoms with Crippen LogP contribution in [-0.2, 0) is 4.79 Å². The maximum Gasteiger partial charge on any atom is 0.266 e. The van der Waals surface area contributed by atoms with Crippen LogP contribution in [-0.4, -0.2) is 20.1 Å². The number of ether oxygens (including phenoxy) is 2. The van der Waals surface area contributed by atoms with E-state index in [1.54, 1.807) is 30.3 Å². The number of methoxy groups -OCH3 is 2. The Morgan fingerprint density at radius 3 is 2.62 bits per heavy atom. The maximum atomic E-state index is 12.5. The summed E-state index contributed by atoms with van der Waals surface area (Å²) in [6.07, 6.45) is 1.43. The van der Waals surface area contributed by atoms with Crippen molar-refractivity contribution in [3.05, 3.63) is 55.1 Å². The summed E-state index contributed by atoms with van der Waals surface area (Å²) in [5.41, 5.74) is 0.737. The summed E-state index contributed by atoms with van der Waals surface area (Å²) in [4.78, 5) is 12.5. The van der Waals surface area contributed by atoms with Gasteiger partial charge in [-0.05, 0) is 52.9 Å². The molecule has 0 spiro atoms. The summed E-state index contributed by atoms with van der Waals surface area (Å²) in [7, 11) is 3.00. The molecule has 26 heavy (non-hydrogen) atoms. The largest absolute Gasteiger partial charge is 0.493 e. The molecule has 0 heterocycles. The summed E-state index contributed by atoms with van der Waals surface area (Å²) >= 11 is 14.1. The van der Waals surface area contributed by atoms with Crippen LogP contribution in [0.4, 0.5) is 5.69 Å². The first-order valence-electron chi connectivity index (χ1n) is 7.20. The van der Waals surface area contributed by atoms with Gasteiger partial charge in [0.25, 0.3) is 5.91 Å². The molecule has 0 atom stereocenters. The van der Waals surface area contributed by atoms with Crippen LogP contribution in [0.25, 0.3) is 6.08 Å². The summed E-state index contributed by atoms with van der Waals surface area (Å²) in [6.45, 7) is 0. The van der Waals surface area contributed by atoms with E-state index < -0.39 is 5.91 Å². The van der Waals surface area contributed by atoms with Crippen molar-refractivity contribution in [3.8, 4) is 17.6 Å². The molecule has 0 radical (unpaired) electrons. The fourth-order valence-electron chi connectivity index (χ4n) is 2.16. The Morgan fingerprint density at radius 2 is 2.00 bits per heavy atom. The normalized spacial score (nSPS) is 10.8. The average Bonchev–Trinajstić information content (AvgIpc) is 2.62. The highest BCUT2D eigenvalue weighted by Crippen LogP contribution is 2.35. The summed E-state index contributed by atoms with van der Waals surface area (Å²) in [5.74, 6) is 0.312. The highest BCUT2D eigenvalue weighted by Gasteiger charge is 2.16. The lowest BCUT2D eigenvalue weighted by Gasteiger charge is -2.12. The van der Waals surface area contributed by atoms with Crippen molar-refractivity contribution >= 4 is 63.5 Å². The van der Waals surface area contributed by atoms with E-state index in [1.807, 2.05) is 6.07 Å². The smallest absolute Gasteiger partial charge is 0.266 e. The van der Waals surface area contributed by atoms with E-state index in [1.165, 1.54) is 20.3 Å². The third-order valence-electron chi connectivity index (χ3n) is 3.34. The molecule has 0 saturated heterocycles. The van der Waals surface area contributed by atoms with E-state index in [-0.39, 0.29) is 10.6 Å². The van der Waals surface area contributed by atoms with Crippen molar-refractivity contribution in [2.24, 2.45) is 0 Å². The molecule has 1 N–H and O–H groups in total. The van der Waals surface area contributed by atoms with Gasteiger partial charge in [0.05, 0.1) is 30.0 Å². The van der Waals surface area contributed by atoms with Crippen LogP contribution in [0.5, 0.6) is 11.5 Å². The molecule has 2 aromatic carbocycles. The van der Waals surface area contributed by atoms with Gasteiger partial charge in [0.2, 0.25) is 0 Å². The molecule has 0 aliphatic rings. The number of halogens is 3. The van der Waals surface area contributed by atoms with Crippen LogP contribution in [0.2, 0.25) is 10.0 Å². The summed E-state index contributed by atoms with van der Waals surface area (Å²) in [6, 6.07) is 10.3. The Morgan fingerprint density at radius 1 is 1.27 bits per heavy atom. The van der Waals surface area contributed by atoms with Crippen LogP contribution >= 0.6 is 45.8 Å². The molecule has 2 rings (SSSR count). The minimum Gasteiger partial charge on any atom is -0.493 e. The van der Waals surface area contributed by atoms with Gasteiger partial charge in [0.1, 0.15) is 11.6 Å². The zero-order valence-electron chi connectivity index (χ0n) is 13.8. The third kappa shape index (κ3) is 4.61. The van der Waals surface area contributed by atoms with Crippen LogP contribution in [0.3, 0.4) is 0 Å². The zero-order chi connectivity index (χ0) is 19.3. The second-order valence-corrected chi connectivity index (χ2v) is 6.99. The number of benzene rings is 2. The number of nitrogens with zero attached hydrogens (tertiary/aromatic N) is 1. The first-order valence-corrected chi connectivity index (χ1v) is 9.03. The van der Waals surface area contributed by atoms with E-state index in [0.717, 1.165) is 3.57 Å². The summed E-state index contributed by atoms with van der Waals surface area (Å²) in [5, 5.41) is 12.5. The summed E-state index contributed by atoms with van der Waals surface area (Å²) < 4.78 is 11.5. The first-order chi connectivity index (χ1) is 12.4. The highest BCUT2D eigenvalue weighted by atomic mass is 127. The zero-order valence-corrected chi connectivity index (χ0v) is 17.4. The SMILES string of the molecule is COc1cc(I)cc(/C=C(/C#N)C(=O)Nc2cccc(Cl)c2Cl)c1OC. The van der Waals surface area contributed by atoms with Crippen LogP contribution in [0.15, 0.2) is 35.9 Å². The number of hydrogen-bond donors (Lipinski definition) is 1. The fraction of sp³-hybridized carbons (Fsp3) is 0.111. The topological polar surface area (TPSA) is 71.3 Å². The van der Waals surface area contributed by atoms with Gasteiger partial charge in [-0.2, -0.15) is 5.26 Å². The minimum absolute atomic E-state index is 0.122. The number of nitrogens with one attached hydrogen (secondary N) is 1. The molecule has 0 aliphatic heterocycles. The molecule has 8 heteroatoms. The molecule has 0 aromatic heterocycles. The van der Waals surface area contributed by atoms with Gasteiger partial charge in [-0.25, -0.2) is 0 Å². The number of carbonyl (C=O) groups excluding carboxylic acids is 1. The Labute approximate surface area is 174 Å². The lowest BCUT2D eigenvalue weighted by Crippen LogP contribution is -2.14. The van der Waals surface area contributed by atoms with Crippen molar-refractivity contribution in [3.63, 3.8) is 0 Å². The molecule has 0 fully saturated rings. The van der Waals surface area contributed by atoms with E-state index in [0.29, 0.717) is 27.8 Å². The van der Waals surface area contributed by atoms with E-state index in [2.05, 4.69) is 27.9 Å². The van der Waals surface area contributed by atoms with Crippen molar-refractivity contribution in [1.82, 2.24) is 0 Å². The Kier molecular flexibility index (Phi) is 7.14. The number of hydrogen-bond acceptors (Lipinski definition) is 4.